The fourth-order valence-electron chi connectivity index (χ4n) is 1.18. The van der Waals surface area contributed by atoms with Crippen molar-refractivity contribution in [2.45, 2.75) is 13.0 Å². The molecular formula is C9H11NO3. The Labute approximate surface area is 75.6 Å². The van der Waals surface area contributed by atoms with Crippen molar-refractivity contribution in [1.82, 2.24) is 0 Å². The lowest BCUT2D eigenvalue weighted by atomic mass is 10.0. The van der Waals surface area contributed by atoms with Gasteiger partial charge < -0.3 is 15.9 Å². The Hall–Kier alpha value is -1.55. The van der Waals surface area contributed by atoms with Crippen LogP contribution in [0.15, 0.2) is 18.2 Å². The highest BCUT2D eigenvalue weighted by Crippen LogP contribution is 2.22. The average Bonchev–Trinajstić information content (AvgIpc) is 2.02. The summed E-state index contributed by atoms with van der Waals surface area (Å²) in [5.74, 6) is -1.12. The van der Waals surface area contributed by atoms with Crippen LogP contribution in [0.2, 0.25) is 0 Å². The molecule has 1 unspecified atom stereocenters. The number of nitrogen functional groups attached to an aromatic ring is 1. The van der Waals surface area contributed by atoms with Gasteiger partial charge in [0.25, 0.3) is 0 Å². The van der Waals surface area contributed by atoms with Crippen LogP contribution >= 0.6 is 0 Å². The number of rotatable bonds is 2. The molecule has 1 rings (SSSR count). The van der Waals surface area contributed by atoms with E-state index in [1.165, 1.54) is 13.0 Å². The Morgan fingerprint density at radius 3 is 2.54 bits per heavy atom. The number of carboxylic acids is 1. The van der Waals surface area contributed by atoms with Crippen LogP contribution < -0.4 is 5.73 Å². The third-order valence-electron chi connectivity index (χ3n) is 1.79. The number of aliphatic hydroxyl groups excluding tert-OH is 1. The second kappa shape index (κ2) is 3.45. The number of anilines is 1. The number of hydrogen-bond donors (Lipinski definition) is 3. The molecule has 0 radical (unpaired) electrons. The zero-order valence-electron chi connectivity index (χ0n) is 7.19. The lowest BCUT2D eigenvalue weighted by Gasteiger charge is -2.10. The van der Waals surface area contributed by atoms with E-state index in [2.05, 4.69) is 0 Å². The first-order chi connectivity index (χ1) is 6.04. The van der Waals surface area contributed by atoms with Gasteiger partial charge in [-0.15, -0.1) is 0 Å². The maximum Gasteiger partial charge on any atom is 0.338 e. The van der Waals surface area contributed by atoms with Crippen LogP contribution in [-0.4, -0.2) is 16.2 Å². The number of carboxylic acid groups (broad SMARTS) is 1. The Kier molecular flexibility index (Phi) is 2.53. The molecule has 0 aliphatic carbocycles. The predicted molar refractivity (Wildman–Crippen MR) is 48.4 cm³/mol. The summed E-state index contributed by atoms with van der Waals surface area (Å²) in [6.07, 6.45) is -0.824. The van der Waals surface area contributed by atoms with Crippen molar-refractivity contribution in [3.05, 3.63) is 29.3 Å². The molecule has 0 saturated carbocycles. The zero-order valence-corrected chi connectivity index (χ0v) is 7.19. The van der Waals surface area contributed by atoms with Gasteiger partial charge in [0, 0.05) is 5.69 Å². The van der Waals surface area contributed by atoms with Gasteiger partial charge in [0.15, 0.2) is 0 Å². The third kappa shape index (κ3) is 1.78. The number of carbonyl (C=O) groups is 1. The van der Waals surface area contributed by atoms with Crippen molar-refractivity contribution in [3.63, 3.8) is 0 Å². The van der Waals surface area contributed by atoms with Crippen molar-refractivity contribution in [2.75, 3.05) is 5.73 Å². The lowest BCUT2D eigenvalue weighted by molar-refractivity contribution is 0.0691. The van der Waals surface area contributed by atoms with Gasteiger partial charge in [-0.25, -0.2) is 4.79 Å². The van der Waals surface area contributed by atoms with E-state index in [0.29, 0.717) is 5.56 Å². The van der Waals surface area contributed by atoms with Gasteiger partial charge in [-0.3, -0.25) is 0 Å². The molecule has 4 nitrogen and oxygen atoms in total. The number of benzene rings is 1. The molecule has 0 spiro atoms. The van der Waals surface area contributed by atoms with E-state index < -0.39 is 12.1 Å². The van der Waals surface area contributed by atoms with Gasteiger partial charge in [-0.2, -0.15) is 0 Å². The zero-order chi connectivity index (χ0) is 10.0. The Bertz CT molecular complexity index is 334. The number of aromatic carboxylic acids is 1. The van der Waals surface area contributed by atoms with Crippen molar-refractivity contribution in [1.29, 1.82) is 0 Å². The Morgan fingerprint density at radius 2 is 2.15 bits per heavy atom. The summed E-state index contributed by atoms with van der Waals surface area (Å²) >= 11 is 0. The molecule has 0 aliphatic heterocycles. The van der Waals surface area contributed by atoms with E-state index in [9.17, 15) is 9.90 Å². The minimum atomic E-state index is -1.12. The average molecular weight is 181 g/mol. The molecule has 0 heterocycles. The molecule has 0 fully saturated rings. The summed E-state index contributed by atoms with van der Waals surface area (Å²) in [4.78, 5) is 10.8. The Morgan fingerprint density at radius 1 is 1.54 bits per heavy atom. The molecule has 1 aromatic carbocycles. The van der Waals surface area contributed by atoms with E-state index in [1.54, 1.807) is 12.1 Å². The van der Waals surface area contributed by atoms with Crippen LogP contribution in [0.3, 0.4) is 0 Å². The second-order valence-corrected chi connectivity index (χ2v) is 2.79. The SMILES string of the molecule is CC(O)c1cccc(N)c1C(=O)O. The van der Waals surface area contributed by atoms with Gasteiger partial charge in [0.05, 0.1) is 11.7 Å². The number of aliphatic hydroxyl groups is 1. The number of nitrogens with two attached hydrogens (primary N) is 1. The molecule has 0 bridgehead atoms. The standard InChI is InChI=1S/C9H11NO3/c1-5(11)6-3-2-4-7(10)8(6)9(12)13/h2-5,11H,10H2,1H3,(H,12,13). The van der Waals surface area contributed by atoms with E-state index in [4.69, 9.17) is 10.8 Å². The van der Waals surface area contributed by atoms with Crippen molar-refractivity contribution >= 4 is 11.7 Å². The van der Waals surface area contributed by atoms with Crippen LogP contribution in [0, 0.1) is 0 Å². The lowest BCUT2D eigenvalue weighted by Crippen LogP contribution is -2.08. The summed E-state index contributed by atoms with van der Waals surface area (Å²) in [5.41, 5.74) is 5.96. The summed E-state index contributed by atoms with van der Waals surface area (Å²) in [6.45, 7) is 1.50. The van der Waals surface area contributed by atoms with Crippen molar-refractivity contribution in [2.24, 2.45) is 0 Å². The van der Waals surface area contributed by atoms with Crippen molar-refractivity contribution in [3.8, 4) is 0 Å². The monoisotopic (exact) mass is 181 g/mol. The molecule has 0 amide bonds. The smallest absolute Gasteiger partial charge is 0.338 e. The van der Waals surface area contributed by atoms with Gasteiger partial charge in [-0.1, -0.05) is 12.1 Å². The third-order valence-corrected chi connectivity index (χ3v) is 1.79. The molecule has 0 saturated heterocycles. The van der Waals surface area contributed by atoms with E-state index in [-0.39, 0.29) is 11.3 Å². The van der Waals surface area contributed by atoms with E-state index in [1.807, 2.05) is 0 Å². The van der Waals surface area contributed by atoms with Crippen LogP contribution in [0.25, 0.3) is 0 Å². The summed E-state index contributed by atoms with van der Waals surface area (Å²) in [6, 6.07) is 4.66. The van der Waals surface area contributed by atoms with Gasteiger partial charge in [0.1, 0.15) is 0 Å². The largest absolute Gasteiger partial charge is 0.478 e. The summed E-state index contributed by atoms with van der Waals surface area (Å²) in [5, 5.41) is 18.1. The summed E-state index contributed by atoms with van der Waals surface area (Å²) < 4.78 is 0. The first-order valence-corrected chi connectivity index (χ1v) is 3.83. The first-order valence-electron chi connectivity index (χ1n) is 3.83. The van der Waals surface area contributed by atoms with Gasteiger partial charge in [-0.05, 0) is 18.6 Å². The fraction of sp³-hybridized carbons (Fsp3) is 0.222. The maximum atomic E-state index is 10.8. The fourth-order valence-corrected chi connectivity index (χ4v) is 1.18. The van der Waals surface area contributed by atoms with E-state index >= 15 is 0 Å². The second-order valence-electron chi connectivity index (χ2n) is 2.79. The first kappa shape index (κ1) is 9.54. The molecule has 13 heavy (non-hydrogen) atoms. The molecule has 1 aromatic rings. The molecule has 4 N–H and O–H groups in total. The van der Waals surface area contributed by atoms with Crippen LogP contribution in [0.1, 0.15) is 28.9 Å². The minimum Gasteiger partial charge on any atom is -0.478 e. The highest BCUT2D eigenvalue weighted by Gasteiger charge is 2.16. The van der Waals surface area contributed by atoms with Crippen molar-refractivity contribution < 1.29 is 15.0 Å². The van der Waals surface area contributed by atoms with Crippen LogP contribution in [-0.2, 0) is 0 Å². The van der Waals surface area contributed by atoms with Gasteiger partial charge in [0.2, 0.25) is 0 Å². The molecule has 0 aromatic heterocycles. The molecule has 4 heteroatoms. The van der Waals surface area contributed by atoms with Gasteiger partial charge >= 0.3 is 5.97 Å². The topological polar surface area (TPSA) is 83.5 Å². The highest BCUT2D eigenvalue weighted by atomic mass is 16.4. The highest BCUT2D eigenvalue weighted by molar-refractivity contribution is 5.95. The quantitative estimate of drug-likeness (QED) is 0.595. The summed E-state index contributed by atoms with van der Waals surface area (Å²) in [7, 11) is 0. The molecular weight excluding hydrogens is 170 g/mol. The maximum absolute atomic E-state index is 10.8. The molecule has 70 valence electrons. The van der Waals surface area contributed by atoms with Crippen LogP contribution in [0.5, 0.6) is 0 Å². The predicted octanol–water partition coefficient (Wildman–Crippen LogP) is 1.02. The molecule has 0 aliphatic rings. The number of hydrogen-bond acceptors (Lipinski definition) is 3. The molecule has 1 atom stereocenters. The minimum absolute atomic E-state index is 0.0162. The van der Waals surface area contributed by atoms with Crippen LogP contribution in [0.4, 0.5) is 5.69 Å². The Balaban J connectivity index is 3.34. The van der Waals surface area contributed by atoms with E-state index in [0.717, 1.165) is 0 Å². The normalized spacial score (nSPS) is 12.5.